The molecule has 2 aromatic carbocycles. The number of benzene rings is 2. The summed E-state index contributed by atoms with van der Waals surface area (Å²) in [4.78, 5) is 17.0. The first-order valence-electron chi connectivity index (χ1n) is 9.17. The second-order valence-electron chi connectivity index (χ2n) is 6.29. The summed E-state index contributed by atoms with van der Waals surface area (Å²) in [5.74, 6) is 0.661. The summed E-state index contributed by atoms with van der Waals surface area (Å²) >= 11 is 0. The van der Waals surface area contributed by atoms with Crippen molar-refractivity contribution in [3.63, 3.8) is 0 Å². The van der Waals surface area contributed by atoms with Crippen molar-refractivity contribution in [2.24, 2.45) is 0 Å². The van der Waals surface area contributed by atoms with Gasteiger partial charge in [0.15, 0.2) is 11.5 Å². The zero-order valence-corrected chi connectivity index (χ0v) is 18.5. The number of para-hydroxylation sites is 1. The minimum Gasteiger partial charge on any atom is -0.493 e. The summed E-state index contributed by atoms with van der Waals surface area (Å²) in [6.07, 6.45) is -1.04. The normalized spacial score (nSPS) is 12.3. The van der Waals surface area contributed by atoms with E-state index >= 15 is 0 Å². The lowest BCUT2D eigenvalue weighted by atomic mass is 10.2. The highest BCUT2D eigenvalue weighted by Gasteiger charge is 2.22. The van der Waals surface area contributed by atoms with E-state index in [9.17, 15) is 18.3 Å². The van der Waals surface area contributed by atoms with Crippen molar-refractivity contribution >= 4 is 15.9 Å². The molecule has 0 fully saturated rings. The summed E-state index contributed by atoms with van der Waals surface area (Å²) in [6, 6.07) is 10.6. The number of sulfonamides is 1. The van der Waals surface area contributed by atoms with Crippen LogP contribution in [-0.4, -0.2) is 71.5 Å². The van der Waals surface area contributed by atoms with Crippen LogP contribution in [0.1, 0.15) is 10.4 Å². The molecule has 0 aliphatic rings. The van der Waals surface area contributed by atoms with E-state index in [1.807, 2.05) is 0 Å². The van der Waals surface area contributed by atoms with Crippen LogP contribution < -0.4 is 19.5 Å². The van der Waals surface area contributed by atoms with E-state index in [4.69, 9.17) is 19.0 Å². The third-order valence-corrected chi connectivity index (χ3v) is 5.97. The van der Waals surface area contributed by atoms with E-state index in [2.05, 4.69) is 5.32 Å². The maximum Gasteiger partial charge on any atom is 0.264 e. The molecule has 0 saturated carbocycles. The lowest BCUT2D eigenvalue weighted by Crippen LogP contribution is -2.35. The van der Waals surface area contributed by atoms with Crippen LogP contribution in [0.5, 0.6) is 17.2 Å². The molecule has 0 radical (unpaired) electrons. The standard InChI is InChI=1S/C20H26N2O8S/c1-22(29-4)31(25,26)16-8-5-7-14(11-16)20(24)21-12-15(23)13-30-19-17(27-2)9-6-10-18(19)28-3/h5-11,15,23H,12-13H2,1-4H3,(H,21,24). The molecule has 2 N–H and O–H groups in total. The molecule has 170 valence electrons. The van der Waals surface area contributed by atoms with Gasteiger partial charge in [-0.3, -0.25) is 9.63 Å². The molecule has 0 bridgehead atoms. The molecule has 0 aromatic heterocycles. The quantitative estimate of drug-likeness (QED) is 0.483. The number of aliphatic hydroxyl groups excluding tert-OH is 1. The monoisotopic (exact) mass is 454 g/mol. The van der Waals surface area contributed by atoms with Crippen LogP contribution in [-0.2, 0) is 14.9 Å². The average Bonchev–Trinajstić information content (AvgIpc) is 2.80. The van der Waals surface area contributed by atoms with Gasteiger partial charge < -0.3 is 24.6 Å². The second kappa shape index (κ2) is 11.0. The fraction of sp³-hybridized carbons (Fsp3) is 0.350. The van der Waals surface area contributed by atoms with Gasteiger partial charge in [0.2, 0.25) is 5.75 Å². The van der Waals surface area contributed by atoms with Crippen LogP contribution in [0.4, 0.5) is 0 Å². The number of methoxy groups -OCH3 is 2. The Hall–Kier alpha value is -2.86. The molecule has 10 nitrogen and oxygen atoms in total. The van der Waals surface area contributed by atoms with Crippen LogP contribution in [0, 0.1) is 0 Å². The molecule has 2 rings (SSSR count). The van der Waals surface area contributed by atoms with Gasteiger partial charge in [-0.1, -0.05) is 16.6 Å². The van der Waals surface area contributed by atoms with E-state index in [1.165, 1.54) is 52.6 Å². The minimum absolute atomic E-state index is 0.100. The molecular formula is C20H26N2O8S. The highest BCUT2D eigenvalue weighted by Crippen LogP contribution is 2.36. The molecule has 0 heterocycles. The van der Waals surface area contributed by atoms with Gasteiger partial charge in [0, 0.05) is 19.2 Å². The molecule has 0 aliphatic heterocycles. The number of nitrogens with zero attached hydrogens (tertiary/aromatic N) is 1. The molecule has 1 atom stereocenters. The van der Waals surface area contributed by atoms with Gasteiger partial charge in [-0.2, -0.15) is 0 Å². The van der Waals surface area contributed by atoms with Crippen molar-refractivity contribution in [1.82, 2.24) is 9.79 Å². The number of hydroxylamine groups is 1. The number of aliphatic hydroxyl groups is 1. The number of hydrogen-bond donors (Lipinski definition) is 2. The van der Waals surface area contributed by atoms with Gasteiger partial charge >= 0.3 is 0 Å². The van der Waals surface area contributed by atoms with Crippen LogP contribution in [0.2, 0.25) is 0 Å². The molecule has 2 aromatic rings. The summed E-state index contributed by atoms with van der Waals surface area (Å²) in [6.45, 7) is -0.255. The summed E-state index contributed by atoms with van der Waals surface area (Å²) in [7, 11) is 1.54. The SMILES string of the molecule is COc1cccc(OC)c1OCC(O)CNC(=O)c1cccc(S(=O)(=O)N(C)OC)c1. The molecule has 0 spiro atoms. The van der Waals surface area contributed by atoms with E-state index in [-0.39, 0.29) is 23.6 Å². The number of rotatable bonds is 11. The van der Waals surface area contributed by atoms with Crippen LogP contribution in [0.25, 0.3) is 0 Å². The number of ether oxygens (including phenoxy) is 3. The number of hydrogen-bond acceptors (Lipinski definition) is 8. The molecule has 0 saturated heterocycles. The van der Waals surface area contributed by atoms with Gasteiger partial charge in [-0.15, -0.1) is 0 Å². The highest BCUT2D eigenvalue weighted by atomic mass is 32.2. The molecule has 0 aliphatic carbocycles. The van der Waals surface area contributed by atoms with Crippen LogP contribution in [0.3, 0.4) is 0 Å². The molecule has 11 heteroatoms. The lowest BCUT2D eigenvalue weighted by molar-refractivity contribution is -0.0258. The zero-order valence-electron chi connectivity index (χ0n) is 17.7. The van der Waals surface area contributed by atoms with E-state index in [0.717, 1.165) is 0 Å². The fourth-order valence-electron chi connectivity index (χ4n) is 2.55. The highest BCUT2D eigenvalue weighted by molar-refractivity contribution is 7.89. The van der Waals surface area contributed by atoms with E-state index < -0.39 is 22.0 Å². The van der Waals surface area contributed by atoms with Crippen molar-refractivity contribution in [2.75, 3.05) is 41.5 Å². The van der Waals surface area contributed by atoms with E-state index in [0.29, 0.717) is 21.7 Å². The van der Waals surface area contributed by atoms with Gasteiger partial charge in [0.1, 0.15) is 12.7 Å². The molecular weight excluding hydrogens is 428 g/mol. The van der Waals surface area contributed by atoms with Gasteiger partial charge in [-0.25, -0.2) is 8.42 Å². The van der Waals surface area contributed by atoms with Gasteiger partial charge in [-0.05, 0) is 30.3 Å². The Morgan fingerprint density at radius 2 is 1.71 bits per heavy atom. The van der Waals surface area contributed by atoms with E-state index in [1.54, 1.807) is 18.2 Å². The average molecular weight is 455 g/mol. The van der Waals surface area contributed by atoms with Crippen molar-refractivity contribution < 1.29 is 37.4 Å². The Morgan fingerprint density at radius 3 is 2.29 bits per heavy atom. The van der Waals surface area contributed by atoms with Gasteiger partial charge in [0.05, 0.1) is 26.2 Å². The first-order valence-corrected chi connectivity index (χ1v) is 10.6. The van der Waals surface area contributed by atoms with Crippen LogP contribution in [0.15, 0.2) is 47.4 Å². The van der Waals surface area contributed by atoms with Crippen LogP contribution >= 0.6 is 0 Å². The number of carbonyl (C=O) groups is 1. The summed E-state index contributed by atoms with van der Waals surface area (Å²) in [5, 5.41) is 12.7. The third kappa shape index (κ3) is 6.07. The minimum atomic E-state index is -3.89. The Morgan fingerprint density at radius 1 is 1.10 bits per heavy atom. The Bertz CT molecular complexity index is 974. The Balaban J connectivity index is 1.99. The predicted octanol–water partition coefficient (Wildman–Crippen LogP) is 1.06. The number of carbonyl (C=O) groups excluding carboxylic acids is 1. The third-order valence-electron chi connectivity index (χ3n) is 4.29. The smallest absolute Gasteiger partial charge is 0.264 e. The molecule has 31 heavy (non-hydrogen) atoms. The van der Waals surface area contributed by atoms with Crippen molar-refractivity contribution in [2.45, 2.75) is 11.0 Å². The maximum atomic E-state index is 12.4. The maximum absolute atomic E-state index is 12.4. The number of nitrogens with one attached hydrogen (secondary N) is 1. The topological polar surface area (TPSA) is 124 Å². The predicted molar refractivity (Wildman–Crippen MR) is 112 cm³/mol. The number of amides is 1. The molecule has 1 amide bonds. The fourth-order valence-corrected chi connectivity index (χ4v) is 3.57. The Labute approximate surface area is 181 Å². The van der Waals surface area contributed by atoms with Crippen molar-refractivity contribution in [1.29, 1.82) is 0 Å². The Kier molecular flexibility index (Phi) is 8.63. The summed E-state index contributed by atoms with van der Waals surface area (Å²) < 4.78 is 41.4. The summed E-state index contributed by atoms with van der Waals surface area (Å²) in [5.41, 5.74) is 0.116. The zero-order chi connectivity index (χ0) is 23.0. The second-order valence-corrected chi connectivity index (χ2v) is 8.23. The van der Waals surface area contributed by atoms with Gasteiger partial charge in [0.25, 0.3) is 15.9 Å². The first-order chi connectivity index (χ1) is 14.7. The lowest BCUT2D eigenvalue weighted by Gasteiger charge is -2.17. The first kappa shape index (κ1) is 24.4. The largest absolute Gasteiger partial charge is 0.493 e. The van der Waals surface area contributed by atoms with Crippen molar-refractivity contribution in [3.8, 4) is 17.2 Å². The van der Waals surface area contributed by atoms with Crippen molar-refractivity contribution in [3.05, 3.63) is 48.0 Å². The molecule has 1 unspecified atom stereocenters.